The normalized spacial score (nSPS) is 11.3. The van der Waals surface area contributed by atoms with Crippen molar-refractivity contribution >= 4 is 37.6 Å². The molecule has 4 rings (SSSR count). The van der Waals surface area contributed by atoms with Crippen LogP contribution < -0.4 is 5.56 Å². The minimum atomic E-state index is -0.910. The van der Waals surface area contributed by atoms with E-state index in [-0.39, 0.29) is 18.4 Å². The van der Waals surface area contributed by atoms with Gasteiger partial charge in [-0.15, -0.1) is 11.3 Å². The van der Waals surface area contributed by atoms with E-state index < -0.39 is 5.97 Å². The van der Waals surface area contributed by atoms with E-state index in [1.165, 1.54) is 16.9 Å². The van der Waals surface area contributed by atoms with Crippen LogP contribution in [0.2, 0.25) is 0 Å². The average molecular weight is 364 g/mol. The molecule has 2 aromatic heterocycles. The summed E-state index contributed by atoms with van der Waals surface area (Å²) in [7, 11) is 0. The zero-order valence-electron chi connectivity index (χ0n) is 14.1. The first-order chi connectivity index (χ1) is 12.5. The minimum absolute atomic E-state index is 0.0587. The fraction of sp³-hybridized carbons (Fsp3) is 0.150. The molecule has 4 aromatic rings. The van der Waals surface area contributed by atoms with Crippen LogP contribution in [0, 0.1) is 6.92 Å². The molecule has 26 heavy (non-hydrogen) atoms. The number of hydrogen-bond acceptors (Lipinski definition) is 4. The molecule has 0 bridgehead atoms. The Balaban J connectivity index is 1.84. The lowest BCUT2D eigenvalue weighted by Crippen LogP contribution is -2.12. The Morgan fingerprint density at radius 2 is 2.00 bits per heavy atom. The second kappa shape index (κ2) is 6.38. The number of nitrogens with zero attached hydrogens (tertiary/aromatic N) is 1. The number of benzene rings is 2. The number of hydrogen-bond donors (Lipinski definition) is 2. The van der Waals surface area contributed by atoms with Gasteiger partial charge in [0.25, 0.3) is 5.56 Å². The molecule has 0 atom stereocenters. The van der Waals surface area contributed by atoms with Crippen molar-refractivity contribution in [3.63, 3.8) is 0 Å². The third kappa shape index (κ3) is 2.99. The standard InChI is InChI=1S/C20H16N2O3S/c1-11-3-2-4-12(9-11)13-5-6-14-15(10-13)26-20-18(14)19(25)21-16(22-20)7-8-17(23)24/h2-6,9-10H,7-8H2,1H3,(H,23,24)(H,21,22,25). The number of aliphatic carboxylic acids is 1. The van der Waals surface area contributed by atoms with Gasteiger partial charge in [-0.1, -0.05) is 42.0 Å². The number of fused-ring (bicyclic) bond motifs is 3. The third-order valence-electron chi connectivity index (χ3n) is 4.32. The molecule has 0 saturated carbocycles. The van der Waals surface area contributed by atoms with Crippen LogP contribution in [-0.2, 0) is 11.2 Å². The van der Waals surface area contributed by atoms with Crippen LogP contribution in [-0.4, -0.2) is 21.0 Å². The monoisotopic (exact) mass is 364 g/mol. The zero-order valence-corrected chi connectivity index (χ0v) is 14.9. The van der Waals surface area contributed by atoms with Gasteiger partial charge < -0.3 is 10.1 Å². The maximum Gasteiger partial charge on any atom is 0.303 e. The molecule has 0 spiro atoms. The van der Waals surface area contributed by atoms with E-state index in [0.717, 1.165) is 21.2 Å². The highest BCUT2D eigenvalue weighted by Gasteiger charge is 2.13. The Morgan fingerprint density at radius 1 is 1.19 bits per heavy atom. The highest BCUT2D eigenvalue weighted by atomic mass is 32.1. The minimum Gasteiger partial charge on any atom is -0.481 e. The Labute approximate surface area is 153 Å². The number of rotatable bonds is 4. The molecule has 0 amide bonds. The number of aryl methyl sites for hydroxylation is 2. The van der Waals surface area contributed by atoms with Gasteiger partial charge in [0.1, 0.15) is 10.7 Å². The van der Waals surface area contributed by atoms with E-state index in [2.05, 4.69) is 41.2 Å². The Morgan fingerprint density at radius 3 is 2.77 bits per heavy atom. The molecule has 0 fully saturated rings. The fourth-order valence-electron chi connectivity index (χ4n) is 3.07. The third-order valence-corrected chi connectivity index (χ3v) is 5.37. The first kappa shape index (κ1) is 16.5. The van der Waals surface area contributed by atoms with Crippen molar-refractivity contribution in [1.29, 1.82) is 0 Å². The summed E-state index contributed by atoms with van der Waals surface area (Å²) in [6.45, 7) is 2.06. The van der Waals surface area contributed by atoms with Crippen LogP contribution in [0.15, 0.2) is 47.3 Å². The second-order valence-electron chi connectivity index (χ2n) is 6.27. The second-order valence-corrected chi connectivity index (χ2v) is 7.30. The Bertz CT molecular complexity index is 1210. The van der Waals surface area contributed by atoms with Crippen molar-refractivity contribution in [3.8, 4) is 11.1 Å². The maximum absolute atomic E-state index is 12.5. The summed E-state index contributed by atoms with van der Waals surface area (Å²) in [5.74, 6) is -0.498. The van der Waals surface area contributed by atoms with Crippen molar-refractivity contribution in [2.45, 2.75) is 19.8 Å². The molecule has 0 saturated heterocycles. The predicted octanol–water partition coefficient (Wildman–Crippen LogP) is 4.13. The fourth-order valence-corrected chi connectivity index (χ4v) is 4.21. The van der Waals surface area contributed by atoms with Gasteiger partial charge >= 0.3 is 5.97 Å². The molecule has 5 nitrogen and oxygen atoms in total. The smallest absolute Gasteiger partial charge is 0.303 e. The molecule has 2 N–H and O–H groups in total. The van der Waals surface area contributed by atoms with Crippen LogP contribution in [0.25, 0.3) is 31.4 Å². The van der Waals surface area contributed by atoms with Gasteiger partial charge in [-0.3, -0.25) is 9.59 Å². The quantitative estimate of drug-likeness (QED) is 0.570. The SMILES string of the molecule is Cc1cccc(-c2ccc3c(c2)sc2nc(CCC(=O)O)[nH]c(=O)c23)c1. The van der Waals surface area contributed by atoms with E-state index in [9.17, 15) is 9.59 Å². The summed E-state index contributed by atoms with van der Waals surface area (Å²) in [4.78, 5) is 31.0. The number of aromatic nitrogens is 2. The number of nitrogens with one attached hydrogen (secondary N) is 1. The predicted molar refractivity (Wildman–Crippen MR) is 104 cm³/mol. The largest absolute Gasteiger partial charge is 0.481 e. The summed E-state index contributed by atoms with van der Waals surface area (Å²) in [6, 6.07) is 14.3. The molecule has 2 aromatic carbocycles. The van der Waals surface area contributed by atoms with Gasteiger partial charge in [-0.05, 0) is 24.1 Å². The molecule has 0 aliphatic heterocycles. The topological polar surface area (TPSA) is 83.0 Å². The molecular weight excluding hydrogens is 348 g/mol. The first-order valence-corrected chi connectivity index (χ1v) is 9.07. The van der Waals surface area contributed by atoms with Gasteiger partial charge in [0.05, 0.1) is 11.8 Å². The van der Waals surface area contributed by atoms with E-state index in [1.54, 1.807) is 0 Å². The van der Waals surface area contributed by atoms with Crippen LogP contribution in [0.1, 0.15) is 17.8 Å². The van der Waals surface area contributed by atoms with Gasteiger partial charge in [0.15, 0.2) is 0 Å². The van der Waals surface area contributed by atoms with E-state index >= 15 is 0 Å². The lowest BCUT2D eigenvalue weighted by atomic mass is 10.0. The summed E-state index contributed by atoms with van der Waals surface area (Å²) in [5.41, 5.74) is 3.20. The molecule has 0 radical (unpaired) electrons. The van der Waals surface area contributed by atoms with Gasteiger partial charge in [0, 0.05) is 16.5 Å². The van der Waals surface area contributed by atoms with Gasteiger partial charge in [-0.2, -0.15) is 0 Å². The Hall–Kier alpha value is -2.99. The number of carboxylic acids is 1. The molecule has 130 valence electrons. The maximum atomic E-state index is 12.5. The first-order valence-electron chi connectivity index (χ1n) is 8.25. The van der Waals surface area contributed by atoms with E-state index in [4.69, 9.17) is 5.11 Å². The summed E-state index contributed by atoms with van der Waals surface area (Å²) in [5, 5.41) is 10.3. The average Bonchev–Trinajstić information content (AvgIpc) is 2.97. The highest BCUT2D eigenvalue weighted by molar-refractivity contribution is 7.25. The van der Waals surface area contributed by atoms with Crippen molar-refractivity contribution < 1.29 is 9.90 Å². The van der Waals surface area contributed by atoms with Crippen LogP contribution in [0.3, 0.4) is 0 Å². The number of thiophene rings is 1. The van der Waals surface area contributed by atoms with Crippen molar-refractivity contribution in [1.82, 2.24) is 9.97 Å². The van der Waals surface area contributed by atoms with Gasteiger partial charge in [0.2, 0.25) is 0 Å². The van der Waals surface area contributed by atoms with Crippen molar-refractivity contribution in [2.24, 2.45) is 0 Å². The number of aromatic amines is 1. The molecule has 0 aliphatic carbocycles. The number of H-pyrrole nitrogens is 1. The Kier molecular flexibility index (Phi) is 4.05. The molecule has 6 heteroatoms. The number of carbonyl (C=O) groups is 1. The summed E-state index contributed by atoms with van der Waals surface area (Å²) >= 11 is 1.46. The highest BCUT2D eigenvalue weighted by Crippen LogP contribution is 2.34. The van der Waals surface area contributed by atoms with Crippen molar-refractivity contribution in [2.75, 3.05) is 0 Å². The van der Waals surface area contributed by atoms with E-state index in [0.29, 0.717) is 16.0 Å². The van der Waals surface area contributed by atoms with Crippen LogP contribution >= 0.6 is 11.3 Å². The van der Waals surface area contributed by atoms with Gasteiger partial charge in [-0.25, -0.2) is 4.98 Å². The molecule has 2 heterocycles. The lowest BCUT2D eigenvalue weighted by molar-refractivity contribution is -0.137. The van der Waals surface area contributed by atoms with Crippen molar-refractivity contribution in [3.05, 3.63) is 64.2 Å². The number of carboxylic acid groups (broad SMARTS) is 1. The van der Waals surface area contributed by atoms with Crippen LogP contribution in [0.5, 0.6) is 0 Å². The molecular formula is C20H16N2O3S. The lowest BCUT2D eigenvalue weighted by Gasteiger charge is -2.03. The molecule has 0 unspecified atom stereocenters. The van der Waals surface area contributed by atoms with Crippen LogP contribution in [0.4, 0.5) is 0 Å². The summed E-state index contributed by atoms with van der Waals surface area (Å²) < 4.78 is 0.993. The van der Waals surface area contributed by atoms with E-state index in [1.807, 2.05) is 18.2 Å². The molecule has 0 aliphatic rings. The summed E-state index contributed by atoms with van der Waals surface area (Å²) in [6.07, 6.45) is 0.153. The zero-order chi connectivity index (χ0) is 18.3.